The van der Waals surface area contributed by atoms with E-state index in [1.807, 2.05) is 19.9 Å². The monoisotopic (exact) mass is 235 g/mol. The Kier molecular flexibility index (Phi) is 5.67. The van der Waals surface area contributed by atoms with Gasteiger partial charge in [0.25, 0.3) is 0 Å². The first-order chi connectivity index (χ1) is 8.20. The first-order valence-corrected chi connectivity index (χ1v) is 6.32. The molecule has 0 saturated carbocycles. The van der Waals surface area contributed by atoms with Gasteiger partial charge < -0.3 is 4.74 Å². The van der Waals surface area contributed by atoms with Gasteiger partial charge in [-0.25, -0.2) is 4.79 Å². The molecule has 17 heavy (non-hydrogen) atoms. The zero-order valence-electron chi connectivity index (χ0n) is 11.0. The molecule has 3 heteroatoms. The number of esters is 1. The first kappa shape index (κ1) is 13.7. The normalized spacial score (nSPS) is 10.3. The Labute approximate surface area is 103 Å². The van der Waals surface area contributed by atoms with Gasteiger partial charge in [-0.15, -0.1) is 0 Å². The van der Waals surface area contributed by atoms with Crippen molar-refractivity contribution >= 4 is 5.97 Å². The number of nitrogens with zero attached hydrogens (tertiary/aromatic N) is 1. The molecule has 0 aliphatic carbocycles. The number of aromatic nitrogens is 1. The van der Waals surface area contributed by atoms with Gasteiger partial charge in [-0.3, -0.25) is 4.98 Å². The van der Waals surface area contributed by atoms with Crippen LogP contribution in [-0.2, 0) is 11.2 Å². The van der Waals surface area contributed by atoms with Crippen LogP contribution in [0.1, 0.15) is 54.7 Å². The molecule has 0 radical (unpaired) electrons. The molecule has 0 aliphatic heterocycles. The molecule has 0 aromatic carbocycles. The molecule has 0 spiro atoms. The van der Waals surface area contributed by atoms with Gasteiger partial charge >= 0.3 is 5.97 Å². The number of ether oxygens (including phenoxy) is 1. The third-order valence-electron chi connectivity index (χ3n) is 2.73. The van der Waals surface area contributed by atoms with E-state index < -0.39 is 0 Å². The summed E-state index contributed by atoms with van der Waals surface area (Å²) in [4.78, 5) is 16.2. The molecule has 0 fully saturated rings. The summed E-state index contributed by atoms with van der Waals surface area (Å²) in [5.41, 5.74) is 2.48. The van der Waals surface area contributed by atoms with E-state index in [9.17, 15) is 4.79 Å². The van der Waals surface area contributed by atoms with E-state index >= 15 is 0 Å². The summed E-state index contributed by atoms with van der Waals surface area (Å²) in [6, 6.07) is 1.86. The third-order valence-corrected chi connectivity index (χ3v) is 2.73. The second-order valence-corrected chi connectivity index (χ2v) is 4.13. The maximum atomic E-state index is 11.9. The number of rotatable bonds is 6. The maximum Gasteiger partial charge on any atom is 0.340 e. The highest BCUT2D eigenvalue weighted by molar-refractivity contribution is 5.92. The number of hydrogen-bond donors (Lipinski definition) is 0. The van der Waals surface area contributed by atoms with Crippen LogP contribution in [0.4, 0.5) is 0 Å². The Morgan fingerprint density at radius 2 is 2.12 bits per heavy atom. The quantitative estimate of drug-likeness (QED) is 0.561. The highest BCUT2D eigenvalue weighted by Gasteiger charge is 2.15. The lowest BCUT2D eigenvalue weighted by molar-refractivity contribution is 0.0523. The summed E-state index contributed by atoms with van der Waals surface area (Å²) in [6.45, 7) is 6.31. The lowest BCUT2D eigenvalue weighted by atomic mass is 10.0. The SMILES string of the molecule is CCCCCc1nccc(C)c1C(=O)OCC. The maximum absolute atomic E-state index is 11.9. The Hall–Kier alpha value is -1.38. The van der Waals surface area contributed by atoms with E-state index in [1.54, 1.807) is 6.20 Å². The summed E-state index contributed by atoms with van der Waals surface area (Å²) in [5.74, 6) is -0.246. The van der Waals surface area contributed by atoms with Crippen LogP contribution in [0.2, 0.25) is 0 Å². The van der Waals surface area contributed by atoms with E-state index in [-0.39, 0.29) is 5.97 Å². The number of carbonyl (C=O) groups is 1. The van der Waals surface area contributed by atoms with E-state index in [0.717, 1.165) is 30.5 Å². The lowest BCUT2D eigenvalue weighted by Gasteiger charge is -2.10. The van der Waals surface area contributed by atoms with Gasteiger partial charge in [-0.2, -0.15) is 0 Å². The first-order valence-electron chi connectivity index (χ1n) is 6.32. The zero-order valence-corrected chi connectivity index (χ0v) is 11.0. The minimum Gasteiger partial charge on any atom is -0.462 e. The second-order valence-electron chi connectivity index (χ2n) is 4.13. The fourth-order valence-corrected chi connectivity index (χ4v) is 1.83. The molecule has 0 aliphatic rings. The second kappa shape index (κ2) is 7.05. The topological polar surface area (TPSA) is 39.2 Å². The lowest BCUT2D eigenvalue weighted by Crippen LogP contribution is -2.11. The Bertz CT molecular complexity index is 374. The number of aryl methyl sites for hydroxylation is 2. The molecule has 94 valence electrons. The van der Waals surface area contributed by atoms with Crippen LogP contribution >= 0.6 is 0 Å². The molecule has 0 bridgehead atoms. The van der Waals surface area contributed by atoms with Crippen LogP contribution in [0.15, 0.2) is 12.3 Å². The summed E-state index contributed by atoms with van der Waals surface area (Å²) in [6.07, 6.45) is 6.01. The fraction of sp³-hybridized carbons (Fsp3) is 0.571. The van der Waals surface area contributed by atoms with Crippen LogP contribution in [0.5, 0.6) is 0 Å². The Balaban J connectivity index is 2.87. The number of hydrogen-bond acceptors (Lipinski definition) is 3. The van der Waals surface area contributed by atoms with Crippen molar-refractivity contribution in [1.29, 1.82) is 0 Å². The van der Waals surface area contributed by atoms with Crippen molar-refractivity contribution in [2.45, 2.75) is 46.5 Å². The third kappa shape index (κ3) is 3.84. The average Bonchev–Trinajstić information content (AvgIpc) is 2.29. The molecule has 0 N–H and O–H groups in total. The number of unbranched alkanes of at least 4 members (excludes halogenated alkanes) is 2. The predicted octanol–water partition coefficient (Wildman–Crippen LogP) is 3.30. The Morgan fingerprint density at radius 3 is 2.76 bits per heavy atom. The highest BCUT2D eigenvalue weighted by atomic mass is 16.5. The molecule has 0 unspecified atom stereocenters. The minimum atomic E-state index is -0.246. The molecule has 1 aromatic heterocycles. The summed E-state index contributed by atoms with van der Waals surface area (Å²) >= 11 is 0. The highest BCUT2D eigenvalue weighted by Crippen LogP contribution is 2.15. The van der Waals surface area contributed by atoms with Crippen molar-refractivity contribution in [2.75, 3.05) is 6.61 Å². The Morgan fingerprint density at radius 1 is 1.35 bits per heavy atom. The van der Waals surface area contributed by atoms with E-state index in [4.69, 9.17) is 4.74 Å². The van der Waals surface area contributed by atoms with E-state index in [0.29, 0.717) is 12.2 Å². The van der Waals surface area contributed by atoms with Crippen molar-refractivity contribution < 1.29 is 9.53 Å². The van der Waals surface area contributed by atoms with Gasteiger partial charge in [-0.1, -0.05) is 19.8 Å². The fourth-order valence-electron chi connectivity index (χ4n) is 1.83. The molecular weight excluding hydrogens is 214 g/mol. The van der Waals surface area contributed by atoms with Crippen LogP contribution < -0.4 is 0 Å². The molecule has 0 atom stereocenters. The van der Waals surface area contributed by atoms with Gasteiger partial charge in [-0.05, 0) is 38.3 Å². The average molecular weight is 235 g/mol. The van der Waals surface area contributed by atoms with E-state index in [2.05, 4.69) is 11.9 Å². The van der Waals surface area contributed by atoms with Gasteiger partial charge in [0.05, 0.1) is 17.9 Å². The standard InChI is InChI=1S/C14H21NO2/c1-4-6-7-8-12-13(14(16)17-5-2)11(3)9-10-15-12/h9-10H,4-8H2,1-3H3. The van der Waals surface area contributed by atoms with Crippen molar-refractivity contribution in [3.8, 4) is 0 Å². The van der Waals surface area contributed by atoms with Crippen molar-refractivity contribution in [2.24, 2.45) is 0 Å². The molecule has 1 aromatic rings. The van der Waals surface area contributed by atoms with Gasteiger partial charge in [0, 0.05) is 6.20 Å². The van der Waals surface area contributed by atoms with E-state index in [1.165, 1.54) is 6.42 Å². The van der Waals surface area contributed by atoms with Crippen molar-refractivity contribution in [3.05, 3.63) is 29.1 Å². The number of carbonyl (C=O) groups excluding carboxylic acids is 1. The molecule has 1 rings (SSSR count). The van der Waals surface area contributed by atoms with Crippen LogP contribution in [0, 0.1) is 6.92 Å². The van der Waals surface area contributed by atoms with Gasteiger partial charge in [0.1, 0.15) is 0 Å². The van der Waals surface area contributed by atoms with Crippen LogP contribution in [0.3, 0.4) is 0 Å². The van der Waals surface area contributed by atoms with Crippen LogP contribution in [0.25, 0.3) is 0 Å². The smallest absolute Gasteiger partial charge is 0.340 e. The zero-order chi connectivity index (χ0) is 12.7. The largest absolute Gasteiger partial charge is 0.462 e. The number of pyridine rings is 1. The predicted molar refractivity (Wildman–Crippen MR) is 68.2 cm³/mol. The minimum absolute atomic E-state index is 0.246. The summed E-state index contributed by atoms with van der Waals surface area (Å²) in [7, 11) is 0. The molecule has 3 nitrogen and oxygen atoms in total. The summed E-state index contributed by atoms with van der Waals surface area (Å²) < 4.78 is 5.08. The molecular formula is C14H21NO2. The molecule has 1 heterocycles. The van der Waals surface area contributed by atoms with Gasteiger partial charge in [0.15, 0.2) is 0 Å². The van der Waals surface area contributed by atoms with Crippen LogP contribution in [-0.4, -0.2) is 17.6 Å². The molecule has 0 saturated heterocycles. The molecule has 0 amide bonds. The summed E-state index contributed by atoms with van der Waals surface area (Å²) in [5, 5.41) is 0. The van der Waals surface area contributed by atoms with Crippen molar-refractivity contribution in [3.63, 3.8) is 0 Å². The van der Waals surface area contributed by atoms with Crippen molar-refractivity contribution in [1.82, 2.24) is 4.98 Å². The van der Waals surface area contributed by atoms with Gasteiger partial charge in [0.2, 0.25) is 0 Å².